The molecule has 11 nitrogen and oxygen atoms in total. The molecule has 3 heterocycles. The van der Waals surface area contributed by atoms with Crippen LogP contribution in [-0.4, -0.2) is 114 Å². The smallest absolute Gasteiger partial charge is 0.258 e. The second-order valence-electron chi connectivity index (χ2n) is 10.5. The fourth-order valence-corrected chi connectivity index (χ4v) is 5.55. The highest BCUT2D eigenvalue weighted by Gasteiger charge is 2.38. The van der Waals surface area contributed by atoms with Gasteiger partial charge < -0.3 is 29.7 Å². The molecule has 0 radical (unpaired) electrons. The van der Waals surface area contributed by atoms with E-state index < -0.39 is 23.8 Å². The third kappa shape index (κ3) is 6.48. The summed E-state index contributed by atoms with van der Waals surface area (Å²) in [6.07, 6.45) is 2.14. The van der Waals surface area contributed by atoms with Crippen molar-refractivity contribution in [2.24, 2.45) is 0 Å². The van der Waals surface area contributed by atoms with Gasteiger partial charge >= 0.3 is 0 Å². The number of rotatable bonds is 2. The van der Waals surface area contributed by atoms with Gasteiger partial charge in [0.1, 0.15) is 24.2 Å². The number of amides is 5. The van der Waals surface area contributed by atoms with Crippen molar-refractivity contribution >= 4 is 29.5 Å². The Morgan fingerprint density at radius 2 is 1.79 bits per heavy atom. The maximum absolute atomic E-state index is 14.3. The van der Waals surface area contributed by atoms with Crippen LogP contribution >= 0.6 is 0 Å². The molecule has 3 aliphatic rings. The SMILES string of the molecule is CC(=O)N[C@H]1C[C@H]2COc3ccc(F)cc3C(=O)N(C)[C@H](C(=O)N3CCCC3)CCC(=O)N(C)CC(=O)N2C1. The molecule has 0 spiro atoms. The van der Waals surface area contributed by atoms with Crippen LogP contribution in [0.2, 0.25) is 0 Å². The van der Waals surface area contributed by atoms with E-state index in [1.54, 1.807) is 9.80 Å². The third-order valence-corrected chi connectivity index (χ3v) is 7.67. The van der Waals surface area contributed by atoms with Crippen molar-refractivity contribution in [3.8, 4) is 5.75 Å². The summed E-state index contributed by atoms with van der Waals surface area (Å²) in [6, 6.07) is 1.93. The average Bonchev–Trinajstić information content (AvgIpc) is 3.56. The molecule has 0 unspecified atom stereocenters. The largest absolute Gasteiger partial charge is 0.491 e. The molecule has 3 atom stereocenters. The van der Waals surface area contributed by atoms with Crippen LogP contribution in [0.5, 0.6) is 5.75 Å². The van der Waals surface area contributed by atoms with E-state index in [2.05, 4.69) is 5.32 Å². The van der Waals surface area contributed by atoms with Crippen molar-refractivity contribution in [2.45, 2.75) is 57.2 Å². The Balaban J connectivity index is 1.67. The van der Waals surface area contributed by atoms with Gasteiger partial charge in [-0.15, -0.1) is 0 Å². The predicted molar refractivity (Wildman–Crippen MR) is 138 cm³/mol. The number of benzene rings is 1. The van der Waals surface area contributed by atoms with Gasteiger partial charge in [0.25, 0.3) is 5.91 Å². The molecule has 0 saturated carbocycles. The standard InChI is InChI=1S/C27H36FN5O6/c1-17(34)29-19-13-20-16-39-23-8-6-18(28)12-21(23)26(37)31(3)22(27(38)32-10-4-5-11-32)7-9-24(35)30(2)15-25(36)33(20)14-19/h6,8,12,19-20,22H,4-5,7,9-11,13-16H2,1-3H3,(H,29,34)/t19-,20-,22-/m0/s1. The number of nitrogens with zero attached hydrogens (tertiary/aromatic N) is 4. The Hall–Kier alpha value is -3.70. The summed E-state index contributed by atoms with van der Waals surface area (Å²) in [7, 11) is 3.00. The Labute approximate surface area is 227 Å². The van der Waals surface area contributed by atoms with Gasteiger partial charge in [-0.1, -0.05) is 0 Å². The first-order valence-electron chi connectivity index (χ1n) is 13.3. The summed E-state index contributed by atoms with van der Waals surface area (Å²) in [6.45, 7) is 2.61. The highest BCUT2D eigenvalue weighted by molar-refractivity contribution is 5.99. The molecule has 4 rings (SSSR count). The van der Waals surface area contributed by atoms with Crippen molar-refractivity contribution in [3.63, 3.8) is 0 Å². The van der Waals surface area contributed by atoms with Gasteiger partial charge in [0.05, 0.1) is 18.2 Å². The van der Waals surface area contributed by atoms with Crippen LogP contribution in [0.3, 0.4) is 0 Å². The van der Waals surface area contributed by atoms with E-state index in [4.69, 9.17) is 4.74 Å². The number of hydrogen-bond acceptors (Lipinski definition) is 6. The quantitative estimate of drug-likeness (QED) is 0.582. The van der Waals surface area contributed by atoms with Crippen LogP contribution in [0.25, 0.3) is 0 Å². The number of halogens is 1. The molecule has 0 aliphatic carbocycles. The van der Waals surface area contributed by atoms with E-state index in [-0.39, 0.29) is 73.5 Å². The minimum absolute atomic E-state index is 0.00868. The van der Waals surface area contributed by atoms with Gasteiger partial charge in [0.15, 0.2) is 0 Å². The lowest BCUT2D eigenvalue weighted by Crippen LogP contribution is -2.49. The second-order valence-corrected chi connectivity index (χ2v) is 10.5. The molecule has 212 valence electrons. The van der Waals surface area contributed by atoms with Crippen LogP contribution in [0.1, 0.15) is 49.4 Å². The zero-order chi connectivity index (χ0) is 28.3. The highest BCUT2D eigenvalue weighted by Crippen LogP contribution is 2.27. The van der Waals surface area contributed by atoms with E-state index in [1.807, 2.05) is 0 Å². The zero-order valence-electron chi connectivity index (χ0n) is 22.7. The van der Waals surface area contributed by atoms with Gasteiger partial charge in [0.2, 0.25) is 23.6 Å². The molecule has 2 saturated heterocycles. The topological polar surface area (TPSA) is 120 Å². The minimum atomic E-state index is -0.938. The molecule has 5 amide bonds. The monoisotopic (exact) mass is 545 g/mol. The lowest BCUT2D eigenvalue weighted by molar-refractivity contribution is -0.141. The number of fused-ring (bicyclic) bond motifs is 2. The maximum atomic E-state index is 14.3. The van der Waals surface area contributed by atoms with Gasteiger partial charge in [-0.25, -0.2) is 4.39 Å². The van der Waals surface area contributed by atoms with Crippen molar-refractivity contribution in [1.82, 2.24) is 24.9 Å². The maximum Gasteiger partial charge on any atom is 0.258 e. The number of likely N-dealkylation sites (tertiary alicyclic amines) is 1. The molecule has 1 aromatic rings. The fourth-order valence-electron chi connectivity index (χ4n) is 5.55. The van der Waals surface area contributed by atoms with Crippen LogP contribution in [0.15, 0.2) is 18.2 Å². The summed E-state index contributed by atoms with van der Waals surface area (Å²) < 4.78 is 20.3. The van der Waals surface area contributed by atoms with Gasteiger partial charge in [-0.2, -0.15) is 0 Å². The van der Waals surface area contributed by atoms with Crippen LogP contribution in [-0.2, 0) is 19.2 Å². The molecule has 0 bridgehead atoms. The molecular formula is C27H36FN5O6. The molecule has 1 aromatic carbocycles. The molecule has 2 fully saturated rings. The van der Waals surface area contributed by atoms with Crippen LogP contribution in [0, 0.1) is 5.82 Å². The summed E-state index contributed by atoms with van der Waals surface area (Å²) in [4.78, 5) is 70.8. The van der Waals surface area contributed by atoms with E-state index in [0.717, 1.165) is 18.9 Å². The predicted octanol–water partition coefficient (Wildman–Crippen LogP) is 0.625. The fraction of sp³-hybridized carbons (Fsp3) is 0.593. The molecule has 1 N–H and O–H groups in total. The van der Waals surface area contributed by atoms with Gasteiger partial charge in [0, 0.05) is 53.1 Å². The van der Waals surface area contributed by atoms with Crippen molar-refractivity contribution in [2.75, 3.05) is 46.9 Å². The van der Waals surface area contributed by atoms with Crippen molar-refractivity contribution in [1.29, 1.82) is 0 Å². The first-order valence-corrected chi connectivity index (χ1v) is 13.3. The third-order valence-electron chi connectivity index (χ3n) is 7.67. The number of nitrogens with one attached hydrogen (secondary N) is 1. The van der Waals surface area contributed by atoms with Crippen molar-refractivity contribution in [3.05, 3.63) is 29.6 Å². The van der Waals surface area contributed by atoms with Gasteiger partial charge in [-0.3, -0.25) is 24.0 Å². The molecule has 12 heteroatoms. The molecule has 0 aromatic heterocycles. The number of likely N-dealkylation sites (N-methyl/N-ethyl adjacent to an activating group) is 2. The molecular weight excluding hydrogens is 509 g/mol. The summed E-state index contributed by atoms with van der Waals surface area (Å²) in [5, 5.41) is 2.83. The van der Waals surface area contributed by atoms with E-state index in [9.17, 15) is 28.4 Å². The second kappa shape index (κ2) is 12.0. The van der Waals surface area contributed by atoms with E-state index >= 15 is 0 Å². The Morgan fingerprint density at radius 3 is 2.49 bits per heavy atom. The summed E-state index contributed by atoms with van der Waals surface area (Å²) in [5.74, 6) is -2.25. The number of hydrogen-bond donors (Lipinski definition) is 1. The normalized spacial score (nSPS) is 25.0. The number of carbonyl (C=O) groups is 5. The molecule has 39 heavy (non-hydrogen) atoms. The summed E-state index contributed by atoms with van der Waals surface area (Å²) >= 11 is 0. The Kier molecular flexibility index (Phi) is 8.71. The van der Waals surface area contributed by atoms with Crippen LogP contribution < -0.4 is 10.1 Å². The first kappa shape index (κ1) is 28.3. The molecule has 3 aliphatic heterocycles. The Bertz CT molecular complexity index is 1140. The van der Waals surface area contributed by atoms with E-state index in [1.165, 1.54) is 43.0 Å². The lowest BCUT2D eigenvalue weighted by Gasteiger charge is -2.31. The average molecular weight is 546 g/mol. The highest BCUT2D eigenvalue weighted by atomic mass is 19.1. The Morgan fingerprint density at radius 1 is 1.08 bits per heavy atom. The number of carbonyl (C=O) groups excluding carboxylic acids is 5. The first-order chi connectivity index (χ1) is 18.5. The zero-order valence-corrected chi connectivity index (χ0v) is 22.7. The summed E-state index contributed by atoms with van der Waals surface area (Å²) in [5.41, 5.74) is -0.0516. The van der Waals surface area contributed by atoms with Gasteiger partial charge in [-0.05, 0) is 43.9 Å². The number of ether oxygens (including phenoxy) is 1. The lowest BCUT2D eigenvalue weighted by atomic mass is 10.1. The van der Waals surface area contributed by atoms with Crippen LogP contribution in [0.4, 0.5) is 4.39 Å². The van der Waals surface area contributed by atoms with E-state index in [0.29, 0.717) is 19.5 Å². The van der Waals surface area contributed by atoms with Crippen molar-refractivity contribution < 1.29 is 33.1 Å². The minimum Gasteiger partial charge on any atom is -0.491 e.